The van der Waals surface area contributed by atoms with Crippen molar-refractivity contribution >= 4 is 11.3 Å². The summed E-state index contributed by atoms with van der Waals surface area (Å²) in [5.41, 5.74) is 0. The highest BCUT2D eigenvalue weighted by molar-refractivity contribution is 7.11. The number of aryl methyl sites for hydroxylation is 1. The maximum atomic E-state index is 5.31. The van der Waals surface area contributed by atoms with Crippen LogP contribution in [0.3, 0.4) is 0 Å². The van der Waals surface area contributed by atoms with Crippen LogP contribution >= 0.6 is 11.3 Å². The second kappa shape index (κ2) is 5.27. The van der Waals surface area contributed by atoms with E-state index in [1.165, 1.54) is 4.88 Å². The van der Waals surface area contributed by atoms with Crippen molar-refractivity contribution in [3.63, 3.8) is 0 Å². The van der Waals surface area contributed by atoms with Crippen LogP contribution in [0.25, 0.3) is 0 Å². The maximum absolute atomic E-state index is 5.31. The molecular formula is C12H16N2OS. The molecule has 0 saturated heterocycles. The standard InChI is InChI=1S/C12H16N2OS/c1-9(6-11-4-3-5-15-11)13-8-12-14-7-10(2)16-12/h3-5,7,9,13H,6,8H2,1-2H3. The van der Waals surface area contributed by atoms with Gasteiger partial charge in [-0.1, -0.05) is 0 Å². The number of hydrogen-bond acceptors (Lipinski definition) is 4. The molecule has 2 heterocycles. The van der Waals surface area contributed by atoms with Gasteiger partial charge in [0.15, 0.2) is 0 Å². The lowest BCUT2D eigenvalue weighted by molar-refractivity contribution is 0.456. The Hall–Kier alpha value is -1.13. The molecule has 0 fully saturated rings. The summed E-state index contributed by atoms with van der Waals surface area (Å²) in [6.07, 6.45) is 4.54. The van der Waals surface area contributed by atoms with Gasteiger partial charge in [-0.25, -0.2) is 4.98 Å². The smallest absolute Gasteiger partial charge is 0.107 e. The lowest BCUT2D eigenvalue weighted by Gasteiger charge is -2.10. The molecule has 1 unspecified atom stereocenters. The Morgan fingerprint density at radius 2 is 2.44 bits per heavy atom. The van der Waals surface area contributed by atoms with Gasteiger partial charge in [-0.3, -0.25) is 0 Å². The molecule has 16 heavy (non-hydrogen) atoms. The minimum atomic E-state index is 0.398. The molecule has 0 spiro atoms. The van der Waals surface area contributed by atoms with Crippen molar-refractivity contribution in [3.8, 4) is 0 Å². The lowest BCUT2D eigenvalue weighted by Crippen LogP contribution is -2.27. The largest absolute Gasteiger partial charge is 0.469 e. The van der Waals surface area contributed by atoms with E-state index in [4.69, 9.17) is 4.42 Å². The molecule has 0 bridgehead atoms. The van der Waals surface area contributed by atoms with Crippen LogP contribution in [-0.4, -0.2) is 11.0 Å². The molecule has 2 rings (SSSR count). The number of rotatable bonds is 5. The highest BCUT2D eigenvalue weighted by atomic mass is 32.1. The van der Waals surface area contributed by atoms with Crippen molar-refractivity contribution in [2.75, 3.05) is 0 Å². The molecule has 4 heteroatoms. The third-order valence-electron chi connectivity index (χ3n) is 2.36. The quantitative estimate of drug-likeness (QED) is 0.867. The van der Waals surface area contributed by atoms with Gasteiger partial charge >= 0.3 is 0 Å². The van der Waals surface area contributed by atoms with Crippen molar-refractivity contribution in [2.45, 2.75) is 32.9 Å². The van der Waals surface area contributed by atoms with Crippen LogP contribution in [0.5, 0.6) is 0 Å². The van der Waals surface area contributed by atoms with E-state index in [2.05, 4.69) is 24.1 Å². The fourth-order valence-corrected chi connectivity index (χ4v) is 2.29. The van der Waals surface area contributed by atoms with Crippen LogP contribution in [-0.2, 0) is 13.0 Å². The van der Waals surface area contributed by atoms with Crippen LogP contribution < -0.4 is 5.32 Å². The molecule has 0 aliphatic rings. The Labute approximate surface area is 99.5 Å². The fraction of sp³-hybridized carbons (Fsp3) is 0.417. The van der Waals surface area contributed by atoms with Crippen LogP contribution in [0, 0.1) is 6.92 Å². The topological polar surface area (TPSA) is 38.1 Å². The predicted molar refractivity (Wildman–Crippen MR) is 65.6 cm³/mol. The van der Waals surface area contributed by atoms with Crippen molar-refractivity contribution in [3.05, 3.63) is 40.2 Å². The molecule has 2 aromatic heterocycles. The molecule has 86 valence electrons. The summed E-state index contributed by atoms with van der Waals surface area (Å²) >= 11 is 1.74. The van der Waals surface area contributed by atoms with Crippen molar-refractivity contribution in [1.29, 1.82) is 0 Å². The summed E-state index contributed by atoms with van der Waals surface area (Å²) in [6.45, 7) is 5.07. The second-order valence-corrected chi connectivity index (χ2v) is 5.25. The molecule has 2 aromatic rings. The molecule has 1 N–H and O–H groups in total. The Bertz CT molecular complexity index is 422. The van der Waals surface area contributed by atoms with E-state index in [1.807, 2.05) is 18.3 Å². The average Bonchev–Trinajstić information content (AvgIpc) is 2.87. The van der Waals surface area contributed by atoms with Crippen LogP contribution in [0.4, 0.5) is 0 Å². The molecule has 0 aliphatic heterocycles. The van der Waals surface area contributed by atoms with Crippen LogP contribution in [0.15, 0.2) is 29.0 Å². The molecule has 0 saturated carbocycles. The second-order valence-electron chi connectivity index (χ2n) is 3.93. The van der Waals surface area contributed by atoms with Gasteiger partial charge in [-0.2, -0.15) is 0 Å². The Balaban J connectivity index is 1.77. The monoisotopic (exact) mass is 236 g/mol. The summed E-state index contributed by atoms with van der Waals surface area (Å²) < 4.78 is 5.31. The summed E-state index contributed by atoms with van der Waals surface area (Å²) in [5.74, 6) is 1.02. The summed E-state index contributed by atoms with van der Waals surface area (Å²) in [6, 6.07) is 4.33. The zero-order chi connectivity index (χ0) is 11.4. The molecule has 0 amide bonds. The van der Waals surface area contributed by atoms with Crippen molar-refractivity contribution < 1.29 is 4.42 Å². The highest BCUT2D eigenvalue weighted by Gasteiger charge is 2.06. The van der Waals surface area contributed by atoms with E-state index in [0.29, 0.717) is 6.04 Å². The molecule has 0 aromatic carbocycles. The first kappa shape index (κ1) is 11.4. The van der Waals surface area contributed by atoms with Gasteiger partial charge in [0, 0.05) is 30.1 Å². The van der Waals surface area contributed by atoms with Gasteiger partial charge < -0.3 is 9.73 Å². The number of nitrogens with zero attached hydrogens (tertiary/aromatic N) is 1. The average molecular weight is 236 g/mol. The van der Waals surface area contributed by atoms with Crippen LogP contribution in [0.1, 0.15) is 22.6 Å². The number of hydrogen-bond donors (Lipinski definition) is 1. The SMILES string of the molecule is Cc1cnc(CNC(C)Cc2ccco2)s1. The first-order valence-corrected chi connectivity index (χ1v) is 6.23. The minimum absolute atomic E-state index is 0.398. The maximum Gasteiger partial charge on any atom is 0.107 e. The zero-order valence-electron chi connectivity index (χ0n) is 9.56. The Morgan fingerprint density at radius 3 is 3.06 bits per heavy atom. The number of thiazole rings is 1. The van der Waals surface area contributed by atoms with Gasteiger partial charge in [-0.15, -0.1) is 11.3 Å². The molecule has 0 radical (unpaired) electrons. The van der Waals surface area contributed by atoms with Crippen LogP contribution in [0.2, 0.25) is 0 Å². The molecule has 3 nitrogen and oxygen atoms in total. The molecular weight excluding hydrogens is 220 g/mol. The van der Waals surface area contributed by atoms with E-state index in [1.54, 1.807) is 17.6 Å². The van der Waals surface area contributed by atoms with E-state index in [-0.39, 0.29) is 0 Å². The van der Waals surface area contributed by atoms with Gasteiger partial charge in [0.05, 0.1) is 6.26 Å². The van der Waals surface area contributed by atoms with E-state index < -0.39 is 0 Å². The van der Waals surface area contributed by atoms with Gasteiger partial charge in [0.25, 0.3) is 0 Å². The van der Waals surface area contributed by atoms with Gasteiger partial charge in [0.1, 0.15) is 10.8 Å². The fourth-order valence-electron chi connectivity index (χ4n) is 1.55. The first-order chi connectivity index (χ1) is 7.74. The number of aromatic nitrogens is 1. The lowest BCUT2D eigenvalue weighted by atomic mass is 10.2. The van der Waals surface area contributed by atoms with Gasteiger partial charge in [0.2, 0.25) is 0 Å². The zero-order valence-corrected chi connectivity index (χ0v) is 10.4. The summed E-state index contributed by atoms with van der Waals surface area (Å²) in [7, 11) is 0. The van der Waals surface area contributed by atoms with E-state index in [9.17, 15) is 0 Å². The molecule has 0 aliphatic carbocycles. The first-order valence-electron chi connectivity index (χ1n) is 5.41. The number of nitrogens with one attached hydrogen (secondary N) is 1. The third-order valence-corrected chi connectivity index (χ3v) is 3.27. The van der Waals surface area contributed by atoms with Gasteiger partial charge in [-0.05, 0) is 26.0 Å². The Kier molecular flexibility index (Phi) is 3.74. The summed E-state index contributed by atoms with van der Waals surface area (Å²) in [4.78, 5) is 5.58. The van der Waals surface area contributed by atoms with Crippen molar-refractivity contribution in [2.24, 2.45) is 0 Å². The number of furan rings is 1. The van der Waals surface area contributed by atoms with E-state index in [0.717, 1.165) is 23.7 Å². The predicted octanol–water partition coefficient (Wildman–Crippen LogP) is 2.77. The minimum Gasteiger partial charge on any atom is -0.469 e. The summed E-state index contributed by atoms with van der Waals surface area (Å²) in [5, 5.41) is 4.58. The van der Waals surface area contributed by atoms with Crippen molar-refractivity contribution in [1.82, 2.24) is 10.3 Å². The molecule has 1 atom stereocenters. The third kappa shape index (κ3) is 3.18. The Morgan fingerprint density at radius 1 is 1.56 bits per heavy atom. The highest BCUT2D eigenvalue weighted by Crippen LogP contribution is 2.11. The van der Waals surface area contributed by atoms with E-state index >= 15 is 0 Å². The normalized spacial score (nSPS) is 12.9.